The van der Waals surface area contributed by atoms with E-state index in [4.69, 9.17) is 4.84 Å². The number of hydrogen-bond acceptors (Lipinski definition) is 3. The SMILES string of the molecule is CCN(C)/C=N\c1cc(C)c(/C=N/OCc2ccccc2)cc1C. The lowest BCUT2D eigenvalue weighted by molar-refractivity contribution is 0.132. The van der Waals surface area contributed by atoms with Crippen molar-refractivity contribution in [2.45, 2.75) is 27.4 Å². The van der Waals surface area contributed by atoms with E-state index in [0.29, 0.717) is 6.61 Å². The molecule has 0 unspecified atom stereocenters. The smallest absolute Gasteiger partial charge is 0.142 e. The first-order valence-electron chi connectivity index (χ1n) is 8.15. The number of hydrogen-bond donors (Lipinski definition) is 0. The molecule has 0 bridgehead atoms. The lowest BCUT2D eigenvalue weighted by atomic mass is 10.0. The molecule has 0 N–H and O–H groups in total. The molecule has 24 heavy (non-hydrogen) atoms. The van der Waals surface area contributed by atoms with E-state index in [9.17, 15) is 0 Å². The number of benzene rings is 2. The molecule has 2 aromatic carbocycles. The lowest BCUT2D eigenvalue weighted by Gasteiger charge is -2.10. The average Bonchev–Trinajstić information content (AvgIpc) is 2.60. The summed E-state index contributed by atoms with van der Waals surface area (Å²) in [6.45, 7) is 7.62. The van der Waals surface area contributed by atoms with Gasteiger partial charge in [-0.2, -0.15) is 0 Å². The van der Waals surface area contributed by atoms with Crippen molar-refractivity contribution in [1.29, 1.82) is 0 Å². The highest BCUT2D eigenvalue weighted by Gasteiger charge is 2.02. The van der Waals surface area contributed by atoms with Gasteiger partial charge in [0.05, 0.1) is 18.2 Å². The van der Waals surface area contributed by atoms with E-state index >= 15 is 0 Å². The Kier molecular flexibility index (Phi) is 6.55. The molecular weight excluding hydrogens is 298 g/mol. The predicted molar refractivity (Wildman–Crippen MR) is 101 cm³/mol. The summed E-state index contributed by atoms with van der Waals surface area (Å²) in [4.78, 5) is 12.0. The van der Waals surface area contributed by atoms with Gasteiger partial charge in [0.25, 0.3) is 0 Å². The van der Waals surface area contributed by atoms with Crippen molar-refractivity contribution in [3.63, 3.8) is 0 Å². The highest BCUT2D eigenvalue weighted by atomic mass is 16.6. The second-order valence-electron chi connectivity index (χ2n) is 5.81. The fourth-order valence-corrected chi connectivity index (χ4v) is 2.12. The molecule has 0 radical (unpaired) electrons. The fraction of sp³-hybridized carbons (Fsp3) is 0.300. The van der Waals surface area contributed by atoms with Crippen molar-refractivity contribution in [1.82, 2.24) is 4.90 Å². The van der Waals surface area contributed by atoms with Crippen LogP contribution in [0.2, 0.25) is 0 Å². The van der Waals surface area contributed by atoms with Crippen LogP contribution in [0.25, 0.3) is 0 Å². The first-order chi connectivity index (χ1) is 11.6. The van der Waals surface area contributed by atoms with E-state index in [1.165, 1.54) is 0 Å². The first kappa shape index (κ1) is 17.7. The van der Waals surface area contributed by atoms with E-state index in [1.54, 1.807) is 6.21 Å². The minimum absolute atomic E-state index is 0.473. The van der Waals surface area contributed by atoms with Crippen molar-refractivity contribution < 1.29 is 4.84 Å². The van der Waals surface area contributed by atoms with Crippen LogP contribution in [0, 0.1) is 13.8 Å². The molecule has 2 rings (SSSR count). The maximum Gasteiger partial charge on any atom is 0.142 e. The summed E-state index contributed by atoms with van der Waals surface area (Å²) < 4.78 is 0. The van der Waals surface area contributed by atoms with Gasteiger partial charge in [0, 0.05) is 13.6 Å². The molecule has 0 aliphatic rings. The number of rotatable bonds is 7. The number of oxime groups is 1. The Hall–Kier alpha value is -2.62. The van der Waals surface area contributed by atoms with Gasteiger partial charge >= 0.3 is 0 Å². The third-order valence-corrected chi connectivity index (χ3v) is 3.82. The molecule has 0 saturated heterocycles. The Morgan fingerprint density at radius 2 is 1.83 bits per heavy atom. The molecule has 0 saturated carbocycles. The van der Waals surface area contributed by atoms with E-state index < -0.39 is 0 Å². The van der Waals surface area contributed by atoms with Gasteiger partial charge in [-0.3, -0.25) is 0 Å². The zero-order valence-electron chi connectivity index (χ0n) is 14.9. The van der Waals surface area contributed by atoms with Crippen LogP contribution in [-0.4, -0.2) is 31.0 Å². The second kappa shape index (κ2) is 8.87. The topological polar surface area (TPSA) is 37.2 Å². The molecule has 0 fully saturated rings. The number of aryl methyl sites for hydroxylation is 2. The molecule has 0 amide bonds. The molecule has 0 heterocycles. The summed E-state index contributed by atoms with van der Waals surface area (Å²) in [6, 6.07) is 14.2. The van der Waals surface area contributed by atoms with Gasteiger partial charge in [-0.05, 0) is 55.2 Å². The Balaban J connectivity index is 2.02. The van der Waals surface area contributed by atoms with Crippen LogP contribution >= 0.6 is 0 Å². The van der Waals surface area contributed by atoms with Gasteiger partial charge < -0.3 is 9.74 Å². The van der Waals surface area contributed by atoms with Crippen LogP contribution in [-0.2, 0) is 11.4 Å². The second-order valence-corrected chi connectivity index (χ2v) is 5.81. The Morgan fingerprint density at radius 3 is 2.54 bits per heavy atom. The zero-order chi connectivity index (χ0) is 17.4. The highest BCUT2D eigenvalue weighted by molar-refractivity contribution is 5.83. The van der Waals surface area contributed by atoms with Gasteiger partial charge in [-0.1, -0.05) is 35.5 Å². The van der Waals surface area contributed by atoms with Crippen LogP contribution in [0.1, 0.15) is 29.2 Å². The van der Waals surface area contributed by atoms with Crippen LogP contribution < -0.4 is 0 Å². The molecule has 4 heteroatoms. The lowest BCUT2D eigenvalue weighted by Crippen LogP contribution is -2.14. The highest BCUT2D eigenvalue weighted by Crippen LogP contribution is 2.22. The Bertz CT molecular complexity index is 708. The van der Waals surface area contributed by atoms with Crippen LogP contribution in [0.5, 0.6) is 0 Å². The van der Waals surface area contributed by atoms with Gasteiger partial charge in [-0.15, -0.1) is 0 Å². The maximum atomic E-state index is 5.38. The van der Waals surface area contributed by atoms with Crippen molar-refractivity contribution in [3.05, 3.63) is 64.7 Å². The van der Waals surface area contributed by atoms with E-state index in [0.717, 1.165) is 34.5 Å². The summed E-state index contributed by atoms with van der Waals surface area (Å²) >= 11 is 0. The van der Waals surface area contributed by atoms with E-state index in [2.05, 4.69) is 43.1 Å². The maximum absolute atomic E-state index is 5.38. The predicted octanol–water partition coefficient (Wildman–Crippen LogP) is 4.47. The summed E-state index contributed by atoms with van der Waals surface area (Å²) in [5.41, 5.74) is 5.37. The third kappa shape index (κ3) is 5.23. The first-order valence-corrected chi connectivity index (χ1v) is 8.15. The third-order valence-electron chi connectivity index (χ3n) is 3.82. The van der Waals surface area contributed by atoms with Gasteiger partial charge in [0.15, 0.2) is 0 Å². The largest absolute Gasteiger partial charge is 0.391 e. The average molecular weight is 323 g/mol. The normalized spacial score (nSPS) is 11.3. The molecule has 2 aromatic rings. The van der Waals surface area contributed by atoms with Crippen LogP contribution in [0.4, 0.5) is 5.69 Å². The number of aliphatic imine (C=N–C) groups is 1. The molecule has 0 aliphatic carbocycles. The molecule has 0 spiro atoms. The molecule has 0 aromatic heterocycles. The molecule has 126 valence electrons. The molecule has 0 aliphatic heterocycles. The minimum atomic E-state index is 0.473. The Labute approximate surface area is 144 Å². The van der Waals surface area contributed by atoms with E-state index in [1.807, 2.05) is 48.6 Å². The summed E-state index contributed by atoms with van der Waals surface area (Å²) in [6.07, 6.45) is 3.62. The standard InChI is InChI=1S/C20H25N3O/c1-5-23(4)15-21-20-12-16(2)19(11-17(20)3)13-22-24-14-18-9-7-6-8-10-18/h6-13,15H,5,14H2,1-4H3/b21-15-,22-13+. The van der Waals surface area contributed by atoms with Crippen molar-refractivity contribution in [2.24, 2.45) is 10.1 Å². The van der Waals surface area contributed by atoms with Gasteiger partial charge in [0.1, 0.15) is 6.61 Å². The summed E-state index contributed by atoms with van der Waals surface area (Å²) in [7, 11) is 2.01. The minimum Gasteiger partial charge on any atom is -0.391 e. The van der Waals surface area contributed by atoms with E-state index in [-0.39, 0.29) is 0 Å². The molecular formula is C20H25N3O. The Morgan fingerprint density at radius 1 is 1.08 bits per heavy atom. The zero-order valence-corrected chi connectivity index (χ0v) is 14.9. The quantitative estimate of drug-likeness (QED) is 0.428. The van der Waals surface area contributed by atoms with Gasteiger partial charge in [-0.25, -0.2) is 4.99 Å². The molecule has 4 nitrogen and oxygen atoms in total. The fourth-order valence-electron chi connectivity index (χ4n) is 2.12. The van der Waals surface area contributed by atoms with Crippen LogP contribution in [0.15, 0.2) is 52.6 Å². The van der Waals surface area contributed by atoms with Crippen molar-refractivity contribution >= 4 is 18.2 Å². The summed E-state index contributed by atoms with van der Waals surface area (Å²) in [5, 5.41) is 4.08. The summed E-state index contributed by atoms with van der Waals surface area (Å²) in [5.74, 6) is 0. The van der Waals surface area contributed by atoms with Crippen molar-refractivity contribution in [3.8, 4) is 0 Å². The van der Waals surface area contributed by atoms with Gasteiger partial charge in [0.2, 0.25) is 0 Å². The monoisotopic (exact) mass is 323 g/mol. The van der Waals surface area contributed by atoms with Crippen molar-refractivity contribution in [2.75, 3.05) is 13.6 Å². The number of nitrogens with zero attached hydrogens (tertiary/aromatic N) is 3. The molecule has 0 atom stereocenters. The van der Waals surface area contributed by atoms with Crippen LogP contribution in [0.3, 0.4) is 0 Å².